The second-order valence-corrected chi connectivity index (χ2v) is 10.2. The van der Waals surface area contributed by atoms with Crippen LogP contribution in [-0.4, -0.2) is 23.2 Å². The summed E-state index contributed by atoms with van der Waals surface area (Å²) in [5.41, 5.74) is 0.0229. The molecule has 1 fully saturated rings. The number of hydrogen-bond acceptors (Lipinski definition) is 2. The SMILES string of the molecule is CN(C(=O)c1cc(NC(=O)C2C(c3ccc(Cl)c(Cl)c3)C2(Cl)Cl)ccc1F)c1ccc(F)cc1F. The van der Waals surface area contributed by atoms with Gasteiger partial charge in [0.2, 0.25) is 5.91 Å². The quantitative estimate of drug-likeness (QED) is 0.334. The highest BCUT2D eigenvalue weighted by atomic mass is 35.5. The first kappa shape index (κ1) is 25.6. The average Bonchev–Trinajstić information content (AvgIpc) is 3.38. The summed E-state index contributed by atoms with van der Waals surface area (Å²) in [6.07, 6.45) is 0. The van der Waals surface area contributed by atoms with Crippen molar-refractivity contribution in [1.29, 1.82) is 0 Å². The number of amides is 2. The molecule has 1 aliphatic carbocycles. The van der Waals surface area contributed by atoms with Crippen molar-refractivity contribution >= 4 is 69.6 Å². The van der Waals surface area contributed by atoms with Gasteiger partial charge in [-0.05, 0) is 48.0 Å². The monoisotopic (exact) mass is 560 g/mol. The van der Waals surface area contributed by atoms with E-state index in [1.54, 1.807) is 18.2 Å². The molecule has 1 saturated carbocycles. The molecule has 3 aromatic carbocycles. The van der Waals surface area contributed by atoms with E-state index in [9.17, 15) is 22.8 Å². The number of carbonyl (C=O) groups excluding carboxylic acids is 2. The molecule has 4 rings (SSSR count). The first-order chi connectivity index (χ1) is 16.4. The van der Waals surface area contributed by atoms with Crippen LogP contribution >= 0.6 is 46.4 Å². The van der Waals surface area contributed by atoms with Crippen LogP contribution in [0.25, 0.3) is 0 Å². The van der Waals surface area contributed by atoms with Gasteiger partial charge in [0.1, 0.15) is 21.8 Å². The minimum atomic E-state index is -1.42. The number of anilines is 2. The highest BCUT2D eigenvalue weighted by Gasteiger charge is 2.67. The predicted molar refractivity (Wildman–Crippen MR) is 131 cm³/mol. The first-order valence-electron chi connectivity index (χ1n) is 10.1. The van der Waals surface area contributed by atoms with Crippen molar-refractivity contribution in [2.24, 2.45) is 5.92 Å². The Balaban J connectivity index is 1.54. The van der Waals surface area contributed by atoms with Crippen molar-refractivity contribution in [3.05, 3.63) is 93.2 Å². The standard InChI is InChI=1S/C24H15Cl4F3N2O2/c1-33(19-7-3-12(29)9-18(19)31)23(35)14-10-13(4-6-17(14)30)32-22(34)21-20(24(21,27)28)11-2-5-15(25)16(26)8-11/h2-10,20-21H,1H3,(H,32,34). The number of rotatable bonds is 5. The molecule has 182 valence electrons. The van der Waals surface area contributed by atoms with Crippen molar-refractivity contribution in [2.75, 3.05) is 17.3 Å². The number of halogens is 7. The third-order valence-corrected chi connectivity index (χ3v) is 7.36. The maximum absolute atomic E-state index is 14.5. The third kappa shape index (κ3) is 4.96. The minimum Gasteiger partial charge on any atom is -0.326 e. The molecule has 2 atom stereocenters. The lowest BCUT2D eigenvalue weighted by molar-refractivity contribution is -0.117. The molecule has 3 aromatic rings. The Morgan fingerprint density at radius 3 is 2.29 bits per heavy atom. The maximum atomic E-state index is 14.5. The van der Waals surface area contributed by atoms with E-state index in [-0.39, 0.29) is 16.4 Å². The summed E-state index contributed by atoms with van der Waals surface area (Å²) in [4.78, 5) is 26.6. The maximum Gasteiger partial charge on any atom is 0.261 e. The van der Waals surface area contributed by atoms with Gasteiger partial charge in [-0.15, -0.1) is 23.2 Å². The van der Waals surface area contributed by atoms with E-state index < -0.39 is 51.0 Å². The Kier molecular flexibility index (Phi) is 6.99. The van der Waals surface area contributed by atoms with E-state index in [0.29, 0.717) is 16.7 Å². The van der Waals surface area contributed by atoms with E-state index in [1.165, 1.54) is 13.1 Å². The summed E-state index contributed by atoms with van der Waals surface area (Å²) in [5, 5.41) is 3.19. The summed E-state index contributed by atoms with van der Waals surface area (Å²) < 4.78 is 40.3. The summed E-state index contributed by atoms with van der Waals surface area (Å²) in [6.45, 7) is 0. The number of carbonyl (C=O) groups is 2. The predicted octanol–water partition coefficient (Wildman–Crippen LogP) is 7.21. The topological polar surface area (TPSA) is 49.4 Å². The van der Waals surface area contributed by atoms with Crippen LogP contribution in [0.15, 0.2) is 54.6 Å². The van der Waals surface area contributed by atoms with Crippen LogP contribution in [0.4, 0.5) is 24.5 Å². The van der Waals surface area contributed by atoms with Gasteiger partial charge in [0, 0.05) is 24.7 Å². The van der Waals surface area contributed by atoms with Gasteiger partial charge in [-0.1, -0.05) is 29.3 Å². The van der Waals surface area contributed by atoms with E-state index in [4.69, 9.17) is 46.4 Å². The molecule has 0 aliphatic heterocycles. The van der Waals surface area contributed by atoms with Gasteiger partial charge in [-0.3, -0.25) is 9.59 Å². The smallest absolute Gasteiger partial charge is 0.261 e. The Labute approximate surface area is 218 Å². The van der Waals surface area contributed by atoms with Crippen LogP contribution in [0.5, 0.6) is 0 Å². The molecule has 0 bridgehead atoms. The molecule has 1 N–H and O–H groups in total. The number of hydrogen-bond donors (Lipinski definition) is 1. The van der Waals surface area contributed by atoms with Crippen molar-refractivity contribution in [1.82, 2.24) is 0 Å². The fourth-order valence-corrected chi connectivity index (χ4v) is 4.94. The van der Waals surface area contributed by atoms with Gasteiger partial charge >= 0.3 is 0 Å². The van der Waals surface area contributed by atoms with Crippen LogP contribution in [0.2, 0.25) is 10.0 Å². The molecular formula is C24H15Cl4F3N2O2. The normalized spacial score (nSPS) is 18.2. The number of alkyl halides is 2. The van der Waals surface area contributed by atoms with E-state index >= 15 is 0 Å². The van der Waals surface area contributed by atoms with E-state index in [1.807, 2.05) is 0 Å². The Bertz CT molecular complexity index is 1350. The summed E-state index contributed by atoms with van der Waals surface area (Å²) in [7, 11) is 1.21. The molecule has 35 heavy (non-hydrogen) atoms. The molecule has 11 heteroatoms. The van der Waals surface area contributed by atoms with Crippen LogP contribution in [0.3, 0.4) is 0 Å². The summed E-state index contributed by atoms with van der Waals surface area (Å²) in [6, 6.07) is 10.8. The molecule has 0 saturated heterocycles. The van der Waals surface area contributed by atoms with Crippen molar-refractivity contribution in [3.8, 4) is 0 Å². The van der Waals surface area contributed by atoms with E-state index in [0.717, 1.165) is 29.2 Å². The fraction of sp³-hybridized carbons (Fsp3) is 0.167. The van der Waals surface area contributed by atoms with Crippen LogP contribution in [0, 0.1) is 23.4 Å². The van der Waals surface area contributed by atoms with Gasteiger partial charge in [0.15, 0.2) is 0 Å². The Morgan fingerprint density at radius 1 is 0.914 bits per heavy atom. The molecule has 0 spiro atoms. The summed E-state index contributed by atoms with van der Waals surface area (Å²) >= 11 is 24.7. The second kappa shape index (κ2) is 9.54. The number of benzene rings is 3. The highest BCUT2D eigenvalue weighted by molar-refractivity contribution is 6.53. The molecule has 0 heterocycles. The number of nitrogens with one attached hydrogen (secondary N) is 1. The zero-order valence-corrected chi connectivity index (χ0v) is 20.8. The minimum absolute atomic E-state index is 0.0941. The van der Waals surface area contributed by atoms with Crippen LogP contribution < -0.4 is 10.2 Å². The highest BCUT2D eigenvalue weighted by Crippen LogP contribution is 2.65. The lowest BCUT2D eigenvalue weighted by atomic mass is 10.1. The molecule has 0 aromatic heterocycles. The van der Waals surface area contributed by atoms with Gasteiger partial charge < -0.3 is 10.2 Å². The summed E-state index contributed by atoms with van der Waals surface area (Å²) in [5.74, 6) is -5.61. The zero-order valence-electron chi connectivity index (χ0n) is 17.8. The van der Waals surface area contributed by atoms with Gasteiger partial charge in [-0.25, -0.2) is 13.2 Å². The van der Waals surface area contributed by atoms with Crippen molar-refractivity contribution in [3.63, 3.8) is 0 Å². The molecule has 0 radical (unpaired) electrons. The van der Waals surface area contributed by atoms with E-state index in [2.05, 4.69) is 5.32 Å². The van der Waals surface area contributed by atoms with Crippen molar-refractivity contribution < 1.29 is 22.8 Å². The third-order valence-electron chi connectivity index (χ3n) is 5.68. The fourth-order valence-electron chi connectivity index (χ4n) is 3.80. The Hall–Kier alpha value is -2.45. The molecule has 1 aliphatic rings. The molecular weight excluding hydrogens is 547 g/mol. The average molecular weight is 562 g/mol. The zero-order chi connectivity index (χ0) is 25.7. The molecule has 2 unspecified atom stereocenters. The largest absolute Gasteiger partial charge is 0.326 e. The lowest BCUT2D eigenvalue weighted by Crippen LogP contribution is -2.28. The van der Waals surface area contributed by atoms with Crippen LogP contribution in [-0.2, 0) is 4.79 Å². The molecule has 4 nitrogen and oxygen atoms in total. The Morgan fingerprint density at radius 2 is 1.63 bits per heavy atom. The number of nitrogens with zero attached hydrogens (tertiary/aromatic N) is 1. The van der Waals surface area contributed by atoms with Crippen molar-refractivity contribution in [2.45, 2.75) is 10.3 Å². The van der Waals surface area contributed by atoms with Gasteiger partial charge in [-0.2, -0.15) is 0 Å². The molecule has 2 amide bonds. The lowest BCUT2D eigenvalue weighted by Gasteiger charge is -2.19. The van der Waals surface area contributed by atoms with Crippen LogP contribution in [0.1, 0.15) is 21.8 Å². The second-order valence-electron chi connectivity index (χ2n) is 7.95. The van der Waals surface area contributed by atoms with Gasteiger partial charge in [0.05, 0.1) is 27.2 Å². The van der Waals surface area contributed by atoms with Gasteiger partial charge in [0.25, 0.3) is 5.91 Å². The first-order valence-corrected chi connectivity index (χ1v) is 11.6.